The summed E-state index contributed by atoms with van der Waals surface area (Å²) < 4.78 is 3.26. The molecule has 0 fully saturated rings. The molecule has 0 aliphatic rings. The van der Waals surface area contributed by atoms with E-state index < -0.39 is 5.38 Å². The summed E-state index contributed by atoms with van der Waals surface area (Å²) in [6.07, 6.45) is 0. The number of thiophene rings is 1. The van der Waals surface area contributed by atoms with Crippen LogP contribution in [0.5, 0.6) is 0 Å². The second-order valence-corrected chi connectivity index (χ2v) is 7.15. The molecule has 1 atom stereocenters. The highest BCUT2D eigenvalue weighted by Crippen LogP contribution is 2.24. The molecule has 19 heavy (non-hydrogen) atoms. The number of aromatic nitrogens is 1. The number of carbonyl (C=O) groups is 1. The Kier molecular flexibility index (Phi) is 4.54. The van der Waals surface area contributed by atoms with Gasteiger partial charge in [0.2, 0.25) is 0 Å². The van der Waals surface area contributed by atoms with Crippen molar-refractivity contribution in [3.8, 4) is 0 Å². The Morgan fingerprint density at radius 2 is 2.16 bits per heavy atom. The Balaban J connectivity index is 2.34. The molecule has 102 valence electrons. The predicted molar refractivity (Wildman–Crippen MR) is 84.7 cm³/mol. The molecule has 0 spiro atoms. The zero-order valence-corrected chi connectivity index (χ0v) is 14.2. The number of hydrogen-bond donors (Lipinski definition) is 0. The van der Waals surface area contributed by atoms with Crippen LogP contribution >= 0.6 is 38.9 Å². The van der Waals surface area contributed by atoms with Crippen LogP contribution in [0.15, 0.2) is 22.0 Å². The van der Waals surface area contributed by atoms with E-state index in [-0.39, 0.29) is 5.78 Å². The van der Waals surface area contributed by atoms with E-state index in [2.05, 4.69) is 31.9 Å². The SMILES string of the molecule is Cc1cc(C(=O)C(C)Cl)c(C)n1Cc1cc(Br)cs1. The summed E-state index contributed by atoms with van der Waals surface area (Å²) in [5, 5.41) is 1.58. The van der Waals surface area contributed by atoms with Crippen LogP contribution in [0.4, 0.5) is 0 Å². The first-order valence-corrected chi connectivity index (χ1v) is 8.09. The minimum Gasteiger partial charge on any atom is -0.343 e. The number of Topliss-reactive ketones (excluding diaryl/α,β-unsaturated/α-hetero) is 1. The van der Waals surface area contributed by atoms with Gasteiger partial charge in [-0.2, -0.15) is 0 Å². The molecule has 0 bridgehead atoms. The summed E-state index contributed by atoms with van der Waals surface area (Å²) in [5.74, 6) is -0.00613. The normalized spacial score (nSPS) is 12.7. The van der Waals surface area contributed by atoms with Gasteiger partial charge >= 0.3 is 0 Å². The van der Waals surface area contributed by atoms with Crippen LogP contribution in [0.2, 0.25) is 0 Å². The molecule has 0 aliphatic carbocycles. The van der Waals surface area contributed by atoms with Crippen molar-refractivity contribution in [1.29, 1.82) is 0 Å². The second kappa shape index (κ2) is 5.81. The molecule has 5 heteroatoms. The van der Waals surface area contributed by atoms with Gasteiger partial charge in [-0.3, -0.25) is 4.79 Å². The van der Waals surface area contributed by atoms with E-state index in [1.54, 1.807) is 18.3 Å². The summed E-state index contributed by atoms with van der Waals surface area (Å²) in [6.45, 7) is 6.50. The highest BCUT2D eigenvalue weighted by atomic mass is 79.9. The summed E-state index contributed by atoms with van der Waals surface area (Å²) >= 11 is 11.1. The minimum atomic E-state index is -0.482. The average molecular weight is 361 g/mol. The van der Waals surface area contributed by atoms with E-state index in [1.807, 2.05) is 19.9 Å². The molecule has 0 radical (unpaired) electrons. The second-order valence-electron chi connectivity index (χ2n) is 4.58. The van der Waals surface area contributed by atoms with Gasteiger partial charge in [0.25, 0.3) is 0 Å². The molecule has 1 unspecified atom stereocenters. The Bertz CT molecular complexity index is 615. The van der Waals surface area contributed by atoms with Crippen molar-refractivity contribution in [3.63, 3.8) is 0 Å². The number of ketones is 1. The topological polar surface area (TPSA) is 22.0 Å². The standard InChI is InChI=1S/C14H15BrClNOS/c1-8-4-13(14(18)9(2)16)10(3)17(8)6-12-5-11(15)7-19-12/h4-5,7,9H,6H2,1-3H3. The highest BCUT2D eigenvalue weighted by Gasteiger charge is 2.19. The molecule has 2 heterocycles. The van der Waals surface area contributed by atoms with E-state index in [0.29, 0.717) is 0 Å². The van der Waals surface area contributed by atoms with Crippen molar-refractivity contribution < 1.29 is 4.79 Å². The first kappa shape index (κ1) is 14.8. The first-order chi connectivity index (χ1) is 8.90. The lowest BCUT2D eigenvalue weighted by atomic mass is 10.1. The highest BCUT2D eigenvalue weighted by molar-refractivity contribution is 9.10. The van der Waals surface area contributed by atoms with Crippen molar-refractivity contribution in [3.05, 3.63) is 43.8 Å². The summed E-state index contributed by atoms with van der Waals surface area (Å²) in [4.78, 5) is 13.3. The van der Waals surface area contributed by atoms with Gasteiger partial charge in [-0.05, 0) is 48.8 Å². The maximum atomic E-state index is 12.0. The lowest BCUT2D eigenvalue weighted by molar-refractivity contribution is 0.0991. The van der Waals surface area contributed by atoms with E-state index in [9.17, 15) is 4.79 Å². The van der Waals surface area contributed by atoms with Crippen LogP contribution in [0.1, 0.15) is 33.5 Å². The molecule has 0 saturated carbocycles. The van der Waals surface area contributed by atoms with Gasteiger partial charge in [-0.1, -0.05) is 0 Å². The van der Waals surface area contributed by atoms with Crippen molar-refractivity contribution in [1.82, 2.24) is 4.57 Å². The fourth-order valence-electron chi connectivity index (χ4n) is 2.10. The van der Waals surface area contributed by atoms with Crippen LogP contribution in [-0.4, -0.2) is 15.7 Å². The zero-order valence-electron chi connectivity index (χ0n) is 11.0. The van der Waals surface area contributed by atoms with Crippen LogP contribution < -0.4 is 0 Å². The van der Waals surface area contributed by atoms with Gasteiger partial charge in [0.05, 0.1) is 11.9 Å². The van der Waals surface area contributed by atoms with Gasteiger partial charge in [0.15, 0.2) is 5.78 Å². The maximum absolute atomic E-state index is 12.0. The Hall–Kier alpha value is -0.580. The third-order valence-electron chi connectivity index (χ3n) is 3.14. The number of nitrogens with zero attached hydrogens (tertiary/aromatic N) is 1. The Labute approximate surface area is 130 Å². The fraction of sp³-hybridized carbons (Fsp3) is 0.357. The summed E-state index contributed by atoms with van der Waals surface area (Å²) in [7, 11) is 0. The molecule has 0 aliphatic heterocycles. The minimum absolute atomic E-state index is 0.00613. The van der Waals surface area contributed by atoms with Gasteiger partial charge in [0, 0.05) is 31.7 Å². The number of aryl methyl sites for hydroxylation is 1. The molecule has 2 aromatic heterocycles. The number of rotatable bonds is 4. The average Bonchev–Trinajstić information content (AvgIpc) is 2.87. The first-order valence-electron chi connectivity index (χ1n) is 5.98. The van der Waals surface area contributed by atoms with E-state index in [1.165, 1.54) is 4.88 Å². The monoisotopic (exact) mass is 359 g/mol. The third-order valence-corrected chi connectivity index (χ3v) is 5.02. The Morgan fingerprint density at radius 1 is 1.47 bits per heavy atom. The largest absolute Gasteiger partial charge is 0.343 e. The maximum Gasteiger partial charge on any atom is 0.182 e. The van der Waals surface area contributed by atoms with E-state index >= 15 is 0 Å². The lowest BCUT2D eigenvalue weighted by Crippen LogP contribution is -2.12. The molecular weight excluding hydrogens is 346 g/mol. The van der Waals surface area contributed by atoms with Gasteiger partial charge < -0.3 is 4.57 Å². The third kappa shape index (κ3) is 3.12. The molecule has 0 aromatic carbocycles. The Morgan fingerprint density at radius 3 is 2.68 bits per heavy atom. The molecular formula is C14H15BrClNOS. The number of hydrogen-bond acceptors (Lipinski definition) is 2. The number of carbonyl (C=O) groups excluding carboxylic acids is 1. The van der Waals surface area contributed by atoms with Gasteiger partial charge in [-0.25, -0.2) is 0 Å². The fourth-order valence-corrected chi connectivity index (χ4v) is 3.66. The van der Waals surface area contributed by atoms with Gasteiger partial charge in [0.1, 0.15) is 0 Å². The molecule has 2 aromatic rings. The van der Waals surface area contributed by atoms with E-state index in [4.69, 9.17) is 11.6 Å². The number of halogens is 2. The smallest absolute Gasteiger partial charge is 0.182 e. The van der Waals surface area contributed by atoms with Crippen molar-refractivity contribution in [2.45, 2.75) is 32.7 Å². The van der Waals surface area contributed by atoms with E-state index in [0.717, 1.165) is 28.0 Å². The van der Waals surface area contributed by atoms with Crippen LogP contribution in [0.25, 0.3) is 0 Å². The van der Waals surface area contributed by atoms with Crippen molar-refractivity contribution >= 4 is 44.7 Å². The number of alkyl halides is 1. The summed E-state index contributed by atoms with van der Waals surface area (Å²) in [5.41, 5.74) is 2.80. The van der Waals surface area contributed by atoms with Gasteiger partial charge in [-0.15, -0.1) is 22.9 Å². The van der Waals surface area contributed by atoms with Crippen molar-refractivity contribution in [2.24, 2.45) is 0 Å². The molecule has 0 amide bonds. The van der Waals surface area contributed by atoms with Crippen LogP contribution in [-0.2, 0) is 6.54 Å². The van der Waals surface area contributed by atoms with Crippen molar-refractivity contribution in [2.75, 3.05) is 0 Å². The van der Waals surface area contributed by atoms with Crippen LogP contribution in [0.3, 0.4) is 0 Å². The molecule has 0 saturated heterocycles. The summed E-state index contributed by atoms with van der Waals surface area (Å²) in [6, 6.07) is 4.04. The van der Waals surface area contributed by atoms with Crippen LogP contribution in [0, 0.1) is 13.8 Å². The zero-order chi connectivity index (χ0) is 14.2. The molecule has 2 rings (SSSR count). The molecule has 0 N–H and O–H groups in total. The predicted octanol–water partition coefficient (Wildman–Crippen LogP) is 4.79. The molecule has 2 nitrogen and oxygen atoms in total. The lowest BCUT2D eigenvalue weighted by Gasteiger charge is -2.08. The quantitative estimate of drug-likeness (QED) is 0.567.